The molecule has 0 aliphatic heterocycles. The molecular weight excluding hydrogens is 256 g/mol. The van der Waals surface area contributed by atoms with Crippen LogP contribution in [0.25, 0.3) is 0 Å². The number of nitrogens with zero attached hydrogens (tertiary/aromatic N) is 2. The first-order valence-corrected chi connectivity index (χ1v) is 7.01. The van der Waals surface area contributed by atoms with E-state index in [1.165, 1.54) is 37.8 Å². The Labute approximate surface area is 119 Å². The number of hydrogen-bond acceptors (Lipinski definition) is 4. The molecule has 0 aliphatic rings. The molecule has 0 saturated heterocycles. The van der Waals surface area contributed by atoms with E-state index in [0.29, 0.717) is 12.4 Å². The third-order valence-electron chi connectivity index (χ3n) is 3.07. The fourth-order valence-corrected chi connectivity index (χ4v) is 1.97. The monoisotopic (exact) mass is 276 g/mol. The van der Waals surface area contributed by atoms with Gasteiger partial charge in [0.05, 0.1) is 11.5 Å². The van der Waals surface area contributed by atoms with Crippen molar-refractivity contribution < 1.29 is 9.66 Å². The predicted octanol–water partition coefficient (Wildman–Crippen LogP) is 4.21. The molecule has 108 valence electrons. The fraction of sp³-hybridized carbons (Fsp3) is 0.533. The van der Waals surface area contributed by atoms with Crippen LogP contribution in [0.5, 0.6) is 5.75 Å². The summed E-state index contributed by atoms with van der Waals surface area (Å²) >= 11 is 0. The topological polar surface area (TPSA) is 76.2 Å². The Morgan fingerprint density at radius 1 is 1.25 bits per heavy atom. The highest BCUT2D eigenvalue weighted by Gasteiger charge is 2.17. The predicted molar refractivity (Wildman–Crippen MR) is 76.7 cm³/mol. The maximum atomic E-state index is 10.8. The van der Waals surface area contributed by atoms with Gasteiger partial charge in [-0.25, -0.2) is 0 Å². The second-order valence-corrected chi connectivity index (χ2v) is 4.64. The molecule has 20 heavy (non-hydrogen) atoms. The van der Waals surface area contributed by atoms with Crippen LogP contribution in [0, 0.1) is 21.4 Å². The molecule has 0 bridgehead atoms. The third-order valence-corrected chi connectivity index (χ3v) is 3.07. The minimum Gasteiger partial charge on any atom is -0.492 e. The van der Waals surface area contributed by atoms with Crippen LogP contribution in [0.4, 0.5) is 5.69 Å². The van der Waals surface area contributed by atoms with E-state index in [4.69, 9.17) is 10.00 Å². The number of nitro groups is 1. The Morgan fingerprint density at radius 3 is 2.60 bits per heavy atom. The fourth-order valence-electron chi connectivity index (χ4n) is 1.97. The Kier molecular flexibility index (Phi) is 7.12. The molecule has 5 nitrogen and oxygen atoms in total. The number of benzene rings is 1. The van der Waals surface area contributed by atoms with Crippen LogP contribution < -0.4 is 4.74 Å². The van der Waals surface area contributed by atoms with E-state index in [2.05, 4.69) is 6.92 Å². The van der Waals surface area contributed by atoms with E-state index in [-0.39, 0.29) is 11.3 Å². The van der Waals surface area contributed by atoms with E-state index in [1.54, 1.807) is 6.07 Å². The molecule has 0 aromatic heterocycles. The number of nitriles is 1. The summed E-state index contributed by atoms with van der Waals surface area (Å²) in [5.74, 6) is 0.301. The average molecular weight is 276 g/mol. The van der Waals surface area contributed by atoms with Crippen LogP contribution >= 0.6 is 0 Å². The van der Waals surface area contributed by atoms with E-state index >= 15 is 0 Å². The number of ether oxygens (including phenoxy) is 1. The van der Waals surface area contributed by atoms with E-state index in [9.17, 15) is 10.1 Å². The number of nitro benzene ring substituents is 1. The molecule has 0 fully saturated rings. The van der Waals surface area contributed by atoms with Gasteiger partial charge in [-0.2, -0.15) is 5.26 Å². The summed E-state index contributed by atoms with van der Waals surface area (Å²) in [6.45, 7) is 2.66. The zero-order chi connectivity index (χ0) is 14.8. The van der Waals surface area contributed by atoms with Gasteiger partial charge in [0.25, 0.3) is 5.69 Å². The van der Waals surface area contributed by atoms with Crippen LogP contribution in [0.3, 0.4) is 0 Å². The summed E-state index contributed by atoms with van der Waals surface area (Å²) in [6, 6.07) is 6.30. The van der Waals surface area contributed by atoms with Crippen LogP contribution in [0.1, 0.15) is 51.0 Å². The average Bonchev–Trinajstić information content (AvgIpc) is 2.45. The molecule has 0 saturated carbocycles. The van der Waals surface area contributed by atoms with Gasteiger partial charge in [0.1, 0.15) is 11.8 Å². The summed E-state index contributed by atoms with van der Waals surface area (Å²) in [5, 5.41) is 19.8. The normalized spacial score (nSPS) is 10.0. The maximum Gasteiger partial charge on any atom is 0.290 e. The van der Waals surface area contributed by atoms with Crippen molar-refractivity contribution in [3.05, 3.63) is 33.9 Å². The van der Waals surface area contributed by atoms with E-state index in [0.717, 1.165) is 12.8 Å². The van der Waals surface area contributed by atoms with E-state index in [1.807, 2.05) is 6.07 Å². The standard InChI is InChI=1S/C15H20N2O3/c1-2-3-4-5-6-7-11-20-15-10-8-9-14(17(18)19)13(15)12-16/h8-10H,2-7,11H2,1H3. The van der Waals surface area contributed by atoms with Crippen molar-refractivity contribution in [2.45, 2.75) is 45.4 Å². The van der Waals surface area contributed by atoms with Crippen LogP contribution in [0.15, 0.2) is 18.2 Å². The zero-order valence-electron chi connectivity index (χ0n) is 11.8. The second-order valence-electron chi connectivity index (χ2n) is 4.64. The van der Waals surface area contributed by atoms with Crippen molar-refractivity contribution in [2.75, 3.05) is 6.61 Å². The van der Waals surface area contributed by atoms with Crippen molar-refractivity contribution in [2.24, 2.45) is 0 Å². The molecule has 0 atom stereocenters. The molecule has 0 radical (unpaired) electrons. The lowest BCUT2D eigenvalue weighted by Crippen LogP contribution is -2.01. The van der Waals surface area contributed by atoms with Crippen molar-refractivity contribution >= 4 is 5.69 Å². The van der Waals surface area contributed by atoms with Gasteiger partial charge in [-0.3, -0.25) is 10.1 Å². The number of unbranched alkanes of at least 4 members (excludes halogenated alkanes) is 5. The smallest absolute Gasteiger partial charge is 0.290 e. The highest BCUT2D eigenvalue weighted by molar-refractivity contribution is 5.56. The van der Waals surface area contributed by atoms with Gasteiger partial charge in [0, 0.05) is 6.07 Å². The summed E-state index contributed by atoms with van der Waals surface area (Å²) in [5.41, 5.74) is -0.198. The highest BCUT2D eigenvalue weighted by atomic mass is 16.6. The van der Waals surface area contributed by atoms with Crippen LogP contribution in [0.2, 0.25) is 0 Å². The van der Waals surface area contributed by atoms with E-state index < -0.39 is 4.92 Å². The highest BCUT2D eigenvalue weighted by Crippen LogP contribution is 2.27. The first kappa shape index (κ1) is 16.0. The molecular formula is C15H20N2O3. The van der Waals surface area contributed by atoms with Gasteiger partial charge in [-0.05, 0) is 12.5 Å². The lowest BCUT2D eigenvalue weighted by Gasteiger charge is -2.07. The quantitative estimate of drug-likeness (QED) is 0.384. The van der Waals surface area contributed by atoms with Crippen molar-refractivity contribution in [3.63, 3.8) is 0 Å². The molecule has 0 N–H and O–H groups in total. The van der Waals surface area contributed by atoms with Crippen molar-refractivity contribution in [1.29, 1.82) is 5.26 Å². The molecule has 0 unspecified atom stereocenters. The largest absolute Gasteiger partial charge is 0.492 e. The summed E-state index contributed by atoms with van der Waals surface area (Å²) in [4.78, 5) is 10.2. The number of rotatable bonds is 9. The third kappa shape index (κ3) is 4.88. The van der Waals surface area contributed by atoms with Crippen molar-refractivity contribution in [3.8, 4) is 11.8 Å². The van der Waals surface area contributed by atoms with Gasteiger partial charge < -0.3 is 4.74 Å². The summed E-state index contributed by atoms with van der Waals surface area (Å²) in [7, 11) is 0. The molecule has 0 amide bonds. The first-order chi connectivity index (χ1) is 9.70. The van der Waals surface area contributed by atoms with Gasteiger partial charge in [-0.1, -0.05) is 45.1 Å². The maximum absolute atomic E-state index is 10.8. The Bertz CT molecular complexity index is 480. The van der Waals surface area contributed by atoms with Crippen LogP contribution in [-0.4, -0.2) is 11.5 Å². The minimum absolute atomic E-state index is 0.00322. The van der Waals surface area contributed by atoms with Crippen molar-refractivity contribution in [1.82, 2.24) is 0 Å². The van der Waals surface area contributed by atoms with Gasteiger partial charge in [0.2, 0.25) is 0 Å². The second kappa shape index (κ2) is 8.92. The molecule has 0 aliphatic carbocycles. The lowest BCUT2D eigenvalue weighted by molar-refractivity contribution is -0.385. The molecule has 0 heterocycles. The van der Waals surface area contributed by atoms with Crippen LogP contribution in [-0.2, 0) is 0 Å². The molecule has 5 heteroatoms. The Balaban J connectivity index is 2.46. The Hall–Kier alpha value is -2.09. The van der Waals surface area contributed by atoms with Gasteiger partial charge >= 0.3 is 0 Å². The Morgan fingerprint density at radius 2 is 1.95 bits per heavy atom. The molecule has 0 spiro atoms. The summed E-state index contributed by atoms with van der Waals surface area (Å²) in [6.07, 6.45) is 6.86. The van der Waals surface area contributed by atoms with Gasteiger partial charge in [-0.15, -0.1) is 0 Å². The minimum atomic E-state index is -0.559. The lowest BCUT2D eigenvalue weighted by atomic mass is 10.1. The first-order valence-electron chi connectivity index (χ1n) is 7.01. The molecule has 1 aromatic carbocycles. The SMILES string of the molecule is CCCCCCCCOc1cccc([N+](=O)[O-])c1C#N. The molecule has 1 rings (SSSR count). The summed E-state index contributed by atoms with van der Waals surface area (Å²) < 4.78 is 5.50. The molecule has 1 aromatic rings. The van der Waals surface area contributed by atoms with Gasteiger partial charge in [0.15, 0.2) is 5.56 Å². The zero-order valence-corrected chi connectivity index (χ0v) is 11.8. The number of hydrogen-bond donors (Lipinski definition) is 0.